The molecule has 5 heterocycles. The van der Waals surface area contributed by atoms with Crippen molar-refractivity contribution >= 4 is 69.8 Å². The van der Waals surface area contributed by atoms with Crippen LogP contribution in [0, 0.1) is 155 Å². The minimum Gasteiger partial charge on any atom is -0.0622 e. The molecule has 14 nitrogen and oxygen atoms in total. The molecular weight excluding hydrogens is 2710 g/mol. The van der Waals surface area contributed by atoms with E-state index in [2.05, 4.69) is 162 Å². The third-order valence-corrected chi connectivity index (χ3v) is 16.4. The number of rotatable bonds is 7. The second-order valence-electron chi connectivity index (χ2n) is 24.1. The van der Waals surface area contributed by atoms with Gasteiger partial charge in [-0.15, -0.1) is 60.7 Å². The van der Waals surface area contributed by atoms with Crippen LogP contribution in [-0.4, -0.2) is 30.0 Å². The zero-order valence-electron chi connectivity index (χ0n) is 70.5. The first-order valence-electron chi connectivity index (χ1n) is 37.6. The van der Waals surface area contributed by atoms with Gasteiger partial charge in [-0.2, -0.15) is 5.26 Å². The van der Waals surface area contributed by atoms with E-state index in [1.54, 1.807) is 183 Å². The van der Waals surface area contributed by atoms with Gasteiger partial charge in [0.15, 0.2) is 28.4 Å². The Morgan fingerprint density at radius 1 is 0.292 bits per heavy atom. The fourth-order valence-electron chi connectivity index (χ4n) is 9.48. The number of aliphatic hydroxyl groups is 1. The van der Waals surface area contributed by atoms with Crippen molar-refractivity contribution in [2.24, 2.45) is 0 Å². The molecule has 0 aliphatic heterocycles. The smallest absolute Gasteiger partial charge is 0.0622 e. The minimum atomic E-state index is -0.649. The van der Waals surface area contributed by atoms with Crippen molar-refractivity contribution < 1.29 is 147 Å². The Labute approximate surface area is 865 Å². The van der Waals surface area contributed by atoms with Crippen LogP contribution in [-0.2, 0) is 111 Å². The summed E-state index contributed by atoms with van der Waals surface area (Å²) in [6, 6.07) is 115. The predicted octanol–water partition coefficient (Wildman–Crippen LogP) is 28.3. The predicted molar refractivity (Wildman–Crippen MR) is 497 cm³/mol. The van der Waals surface area contributed by atoms with E-state index in [0.717, 1.165) is 75.5 Å². The second-order valence-corrected chi connectivity index (χ2v) is 25.7. The van der Waals surface area contributed by atoms with Gasteiger partial charge in [-0.05, 0) is 69.4 Å². The van der Waals surface area contributed by atoms with Crippen LogP contribution in [0.5, 0.6) is 0 Å². The fourth-order valence-corrected chi connectivity index (χ4v) is 10.5. The van der Waals surface area contributed by atoms with Gasteiger partial charge in [0.2, 0.25) is 0 Å². The number of hydrogen-bond donors (Lipinski definition) is 1. The number of aromatic nitrogens is 5. The van der Waals surface area contributed by atoms with Crippen LogP contribution in [0.15, 0.2) is 395 Å². The topological polar surface area (TPSA) is 178 Å². The second kappa shape index (κ2) is 79.0. The normalized spacial score (nSPS) is 8.58. The molecule has 0 unspecified atom stereocenters. The maximum Gasteiger partial charge on any atom is 3.00 e. The summed E-state index contributed by atoms with van der Waals surface area (Å²) in [4.78, 5) is 35.8. The standard InChI is InChI=1S/C12H11P.5C11H6F2N.5C7H5N.CHNO.CHNS.CN.ClH.5Ir/c1-3-7-11(8-4-1)13-12-9-5-2-6-10-12;5*12-8-4-5-9(10(13)7-8)11-3-1-2-6-14-11;5*1-8-7-5-3-2-4-6-7;2*2-1-3;1-2;;;;;;/h1-10,13H;5*1-4,6-7H;5*2-6H;2*3H;;1H;;;;;/q;5*-1;;;;;;;;-1;;;;3*+3/p-2. The summed E-state index contributed by atoms with van der Waals surface area (Å²) in [5.74, 6) is -6.43. The Balaban J connectivity index is 0. The molecule has 137 heavy (non-hydrogen) atoms. The van der Waals surface area contributed by atoms with E-state index in [9.17, 15) is 43.9 Å². The molecule has 0 saturated carbocycles. The summed E-state index contributed by atoms with van der Waals surface area (Å²) in [5, 5.41) is 31.3. The first kappa shape index (κ1) is 125. The van der Waals surface area contributed by atoms with Crippen LogP contribution in [0.25, 0.3) is 80.5 Å². The largest absolute Gasteiger partial charge is 3.00 e. The van der Waals surface area contributed by atoms with Crippen molar-refractivity contribution in [3.05, 3.63) is 547 Å². The first-order valence-corrected chi connectivity index (χ1v) is 42.0. The summed E-state index contributed by atoms with van der Waals surface area (Å²) in [7, 11) is 5.42. The molecular formula is C105H67ClF10Ir5N13OPS+. The van der Waals surface area contributed by atoms with Crippen molar-refractivity contribution in [3.8, 4) is 67.9 Å². The van der Waals surface area contributed by atoms with Gasteiger partial charge < -0.3 is 54.5 Å². The SMILES string of the molecule is Fc1c[c-]c(-c2ccccn2)c(F)c1.Fc1c[c-]c(-c2ccccn2)c(F)c1.Fc1c[c-]c(-c2ccccn2)c(F)c1.Fc1c[c-]c(-c2ccccn2)c(F)c1.Fc1c[c-]c(-c2ccccn2)c(F)c1.N#CO.N#C[S-].[C-]#N.[C-]#[N+]c1ccccc1.[C-]#[N+]c1ccccc1.[C-]#[N+]c1ccccc1.[C-]#[N+]c1ccccc1.[C-]#[N+]c1ccccc1.[Cl][Ir+2].[Ir+3].[Ir+3].[Ir].[Ir].c1ccc(Pc2ccccc2)cc1. The molecule has 17 aromatic rings. The molecule has 2 radical (unpaired) electrons. The van der Waals surface area contributed by atoms with Crippen molar-refractivity contribution in [3.63, 3.8) is 0 Å². The molecule has 0 aliphatic carbocycles. The van der Waals surface area contributed by atoms with E-state index in [1.807, 2.05) is 91.0 Å². The van der Waals surface area contributed by atoms with Crippen LogP contribution in [0.2, 0.25) is 0 Å². The number of thiocyanates is 1. The van der Waals surface area contributed by atoms with E-state index in [1.165, 1.54) is 33.9 Å². The van der Waals surface area contributed by atoms with Crippen molar-refractivity contribution in [2.45, 2.75) is 0 Å². The number of nitrogens with zero attached hydrogens (tertiary/aromatic N) is 13. The van der Waals surface area contributed by atoms with Gasteiger partial charge in [-0.25, -0.2) is 29.5 Å². The summed E-state index contributed by atoms with van der Waals surface area (Å²) in [5.41, 5.74) is 6.69. The van der Waals surface area contributed by atoms with Crippen molar-refractivity contribution in [1.29, 1.82) is 15.8 Å². The molecule has 17 rings (SSSR count). The average molecular weight is 2780 g/mol. The van der Waals surface area contributed by atoms with E-state index in [0.29, 0.717) is 56.9 Å². The van der Waals surface area contributed by atoms with Crippen LogP contribution in [0.3, 0.4) is 0 Å². The first-order chi connectivity index (χ1) is 64.8. The molecule has 0 spiro atoms. The Morgan fingerprint density at radius 3 is 0.547 bits per heavy atom. The summed E-state index contributed by atoms with van der Waals surface area (Å²) in [6.07, 6.45) is 8.49. The van der Waals surface area contributed by atoms with Gasteiger partial charge >= 0.3 is 67.7 Å². The Morgan fingerprint density at radius 2 is 0.431 bits per heavy atom. The molecule has 0 saturated heterocycles. The van der Waals surface area contributed by atoms with Gasteiger partial charge in [0, 0.05) is 129 Å². The Bertz CT molecular complexity index is 5640. The molecule has 0 aliphatic rings. The third kappa shape index (κ3) is 53.3. The molecule has 32 heteroatoms. The summed E-state index contributed by atoms with van der Waals surface area (Å²) < 4.78 is 129. The van der Waals surface area contributed by atoms with Gasteiger partial charge in [0.25, 0.3) is 6.26 Å². The van der Waals surface area contributed by atoms with Gasteiger partial charge in [0.1, 0.15) is 0 Å². The number of halogens is 11. The van der Waals surface area contributed by atoms with Crippen LogP contribution >= 0.6 is 18.2 Å². The number of nitriles is 2. The third-order valence-electron chi connectivity index (χ3n) is 15.2. The molecule has 0 fully saturated rings. The molecule has 12 aromatic carbocycles. The van der Waals surface area contributed by atoms with E-state index < -0.39 is 58.2 Å². The Kier molecular flexibility index (Phi) is 71.9. The zero-order valence-corrected chi connectivity index (χ0v) is 85.1. The number of pyridine rings is 5. The number of para-hydroxylation sites is 5. The van der Waals surface area contributed by atoms with Crippen molar-refractivity contribution in [1.82, 2.24) is 24.9 Å². The molecule has 690 valence electrons. The van der Waals surface area contributed by atoms with E-state index in [4.69, 9.17) is 60.3 Å². The van der Waals surface area contributed by atoms with E-state index >= 15 is 0 Å². The van der Waals surface area contributed by atoms with Gasteiger partial charge in [0.05, 0.1) is 32.9 Å². The Hall–Kier alpha value is -14.4. The molecule has 1 N–H and O–H groups in total. The number of benzene rings is 12. The maximum atomic E-state index is 13.2. The quantitative estimate of drug-likeness (QED) is 0.0531. The molecule has 0 amide bonds. The van der Waals surface area contributed by atoms with E-state index in [-0.39, 0.29) is 108 Å². The summed E-state index contributed by atoms with van der Waals surface area (Å²) >= 11 is 5.17. The van der Waals surface area contributed by atoms with Crippen LogP contribution < -0.4 is 10.6 Å². The molecule has 0 bridgehead atoms. The maximum absolute atomic E-state index is 13.2. The minimum absolute atomic E-state index is 0. The monoisotopic (exact) mass is 2780 g/mol. The molecule has 5 aromatic heterocycles. The molecule has 0 atom stereocenters. The van der Waals surface area contributed by atoms with Crippen molar-refractivity contribution in [2.75, 3.05) is 0 Å². The van der Waals surface area contributed by atoms with Gasteiger partial charge in [-0.1, -0.05) is 345 Å². The summed E-state index contributed by atoms with van der Waals surface area (Å²) in [6.45, 7) is 37.6. The number of aliphatic hydroxyl groups excluding tert-OH is 1. The van der Waals surface area contributed by atoms with Gasteiger partial charge in [-0.3, -0.25) is 43.9 Å². The zero-order chi connectivity index (χ0) is 97.3. The average Bonchev–Trinajstić information content (AvgIpc) is 0.863. The van der Waals surface area contributed by atoms with Crippen LogP contribution in [0.1, 0.15) is 0 Å². The fraction of sp³-hybridized carbons (Fsp3) is 0. The number of hydrogen-bond acceptors (Lipinski definition) is 10. The van der Waals surface area contributed by atoms with Crippen LogP contribution in [0.4, 0.5) is 72.3 Å².